The van der Waals surface area contributed by atoms with E-state index in [0.29, 0.717) is 5.95 Å². The Labute approximate surface area is 82.7 Å². The van der Waals surface area contributed by atoms with Crippen molar-refractivity contribution in [3.05, 3.63) is 23.3 Å². The van der Waals surface area contributed by atoms with Gasteiger partial charge in [0.05, 0.1) is 11.0 Å². The minimum absolute atomic E-state index is 0.689. The molecule has 1 heterocycles. The lowest BCUT2D eigenvalue weighted by atomic mass is 10.1. The summed E-state index contributed by atoms with van der Waals surface area (Å²) in [6.07, 6.45) is 0. The van der Waals surface area contributed by atoms with Gasteiger partial charge in [-0.2, -0.15) is 0 Å². The lowest BCUT2D eigenvalue weighted by molar-refractivity contribution is 0.938. The van der Waals surface area contributed by atoms with E-state index in [1.165, 1.54) is 11.1 Å². The summed E-state index contributed by atoms with van der Waals surface area (Å²) in [4.78, 5) is 4.38. The minimum Gasteiger partial charge on any atom is -0.312 e. The van der Waals surface area contributed by atoms with Gasteiger partial charge in [-0.1, -0.05) is 6.07 Å². The van der Waals surface area contributed by atoms with Gasteiger partial charge in [0.15, 0.2) is 0 Å². The molecule has 14 heavy (non-hydrogen) atoms. The smallest absolute Gasteiger partial charge is 0.218 e. The quantitative estimate of drug-likeness (QED) is 0.529. The number of rotatable bonds is 1. The van der Waals surface area contributed by atoms with E-state index in [1.54, 1.807) is 0 Å². The summed E-state index contributed by atoms with van der Waals surface area (Å²) in [5.41, 5.74) is 7.13. The van der Waals surface area contributed by atoms with Crippen LogP contribution in [-0.4, -0.2) is 9.55 Å². The van der Waals surface area contributed by atoms with Gasteiger partial charge < -0.3 is 4.57 Å². The predicted octanol–water partition coefficient (Wildman–Crippen LogP) is 1.48. The largest absolute Gasteiger partial charge is 0.312 e. The number of imidazole rings is 1. The van der Waals surface area contributed by atoms with E-state index in [2.05, 4.69) is 36.4 Å². The molecule has 3 N–H and O–H groups in total. The number of hydrogen-bond acceptors (Lipinski definition) is 3. The standard InChI is InChI=1S/C10H14N4/c1-6-4-7(2)9-8(5-6)12-10(13-11)14(9)3/h4-5H,11H2,1-3H3,(H,12,13). The Balaban J connectivity index is 2.85. The summed E-state index contributed by atoms with van der Waals surface area (Å²) < 4.78 is 1.96. The van der Waals surface area contributed by atoms with Crippen LogP contribution in [0.25, 0.3) is 11.0 Å². The summed E-state index contributed by atoms with van der Waals surface area (Å²) >= 11 is 0. The fraction of sp³-hybridized carbons (Fsp3) is 0.300. The first-order valence-electron chi connectivity index (χ1n) is 4.54. The Bertz CT molecular complexity index is 484. The lowest BCUT2D eigenvalue weighted by Crippen LogP contribution is -2.11. The summed E-state index contributed by atoms with van der Waals surface area (Å²) in [6.45, 7) is 4.15. The van der Waals surface area contributed by atoms with Crippen molar-refractivity contribution in [2.75, 3.05) is 5.43 Å². The predicted molar refractivity (Wildman–Crippen MR) is 58.0 cm³/mol. The monoisotopic (exact) mass is 190 g/mol. The fourth-order valence-electron chi connectivity index (χ4n) is 1.88. The van der Waals surface area contributed by atoms with Crippen molar-refractivity contribution in [3.63, 3.8) is 0 Å². The number of nitrogens with zero attached hydrogens (tertiary/aromatic N) is 2. The Morgan fingerprint density at radius 1 is 1.36 bits per heavy atom. The number of nitrogens with two attached hydrogens (primary N) is 1. The van der Waals surface area contributed by atoms with Gasteiger partial charge in [0.2, 0.25) is 5.95 Å². The van der Waals surface area contributed by atoms with E-state index in [1.807, 2.05) is 11.6 Å². The molecule has 0 aliphatic heterocycles. The Hall–Kier alpha value is -1.55. The van der Waals surface area contributed by atoms with E-state index in [-0.39, 0.29) is 0 Å². The highest BCUT2D eigenvalue weighted by Gasteiger charge is 2.08. The molecule has 74 valence electrons. The number of nitrogens with one attached hydrogen (secondary N) is 1. The number of nitrogen functional groups attached to an aromatic ring is 1. The molecule has 0 fully saturated rings. The normalized spacial score (nSPS) is 10.9. The molecular formula is C10H14N4. The second-order valence-corrected chi connectivity index (χ2v) is 3.59. The molecule has 2 aromatic rings. The van der Waals surface area contributed by atoms with Crippen molar-refractivity contribution < 1.29 is 0 Å². The van der Waals surface area contributed by atoms with Crippen molar-refractivity contribution in [1.82, 2.24) is 9.55 Å². The third kappa shape index (κ3) is 1.15. The van der Waals surface area contributed by atoms with Crippen LogP contribution in [0.5, 0.6) is 0 Å². The number of hydrazine groups is 1. The number of aromatic nitrogens is 2. The van der Waals surface area contributed by atoms with Gasteiger partial charge in [0.25, 0.3) is 0 Å². The Morgan fingerprint density at radius 2 is 2.07 bits per heavy atom. The van der Waals surface area contributed by atoms with Crippen LogP contribution < -0.4 is 11.3 Å². The van der Waals surface area contributed by atoms with Crippen molar-refractivity contribution >= 4 is 17.0 Å². The molecule has 4 heteroatoms. The number of hydrogen-bond donors (Lipinski definition) is 2. The molecule has 0 aliphatic carbocycles. The summed E-state index contributed by atoms with van der Waals surface area (Å²) in [5.74, 6) is 6.06. The van der Waals surface area contributed by atoms with Gasteiger partial charge in [0, 0.05) is 7.05 Å². The third-order valence-corrected chi connectivity index (χ3v) is 2.43. The summed E-state index contributed by atoms with van der Waals surface area (Å²) in [7, 11) is 1.95. The SMILES string of the molecule is Cc1cc(C)c2c(c1)nc(NN)n2C. The second-order valence-electron chi connectivity index (χ2n) is 3.59. The summed E-state index contributed by atoms with van der Waals surface area (Å²) in [5, 5.41) is 0. The highest BCUT2D eigenvalue weighted by Crippen LogP contribution is 2.22. The highest BCUT2D eigenvalue weighted by atomic mass is 15.3. The van der Waals surface area contributed by atoms with Crippen LogP contribution in [0.15, 0.2) is 12.1 Å². The van der Waals surface area contributed by atoms with E-state index in [4.69, 9.17) is 5.84 Å². The molecule has 0 atom stereocenters. The van der Waals surface area contributed by atoms with Crippen LogP contribution in [0.4, 0.5) is 5.95 Å². The number of fused-ring (bicyclic) bond motifs is 1. The molecule has 0 unspecified atom stereocenters. The summed E-state index contributed by atoms with van der Waals surface area (Å²) in [6, 6.07) is 4.20. The maximum atomic E-state index is 5.37. The van der Waals surface area contributed by atoms with Gasteiger partial charge in [-0.3, -0.25) is 5.43 Å². The maximum Gasteiger partial charge on any atom is 0.218 e. The van der Waals surface area contributed by atoms with Crippen LogP contribution in [0, 0.1) is 13.8 Å². The molecular weight excluding hydrogens is 176 g/mol. The van der Waals surface area contributed by atoms with Crippen LogP contribution in [-0.2, 0) is 7.05 Å². The van der Waals surface area contributed by atoms with Gasteiger partial charge >= 0.3 is 0 Å². The number of benzene rings is 1. The van der Waals surface area contributed by atoms with Crippen molar-refractivity contribution in [2.45, 2.75) is 13.8 Å². The maximum absolute atomic E-state index is 5.37. The van der Waals surface area contributed by atoms with E-state index >= 15 is 0 Å². The van der Waals surface area contributed by atoms with Crippen LogP contribution in [0.3, 0.4) is 0 Å². The van der Waals surface area contributed by atoms with E-state index in [9.17, 15) is 0 Å². The van der Waals surface area contributed by atoms with Gasteiger partial charge in [0.1, 0.15) is 0 Å². The molecule has 0 saturated heterocycles. The van der Waals surface area contributed by atoms with Crippen LogP contribution in [0.1, 0.15) is 11.1 Å². The average Bonchev–Trinajstić information content (AvgIpc) is 2.42. The van der Waals surface area contributed by atoms with Crippen molar-refractivity contribution in [3.8, 4) is 0 Å². The Kier molecular flexibility index (Phi) is 1.93. The van der Waals surface area contributed by atoms with Crippen molar-refractivity contribution in [2.24, 2.45) is 12.9 Å². The van der Waals surface area contributed by atoms with Crippen LogP contribution >= 0.6 is 0 Å². The molecule has 0 saturated carbocycles. The lowest BCUT2D eigenvalue weighted by Gasteiger charge is -2.02. The first-order valence-corrected chi connectivity index (χ1v) is 4.54. The molecule has 1 aromatic heterocycles. The third-order valence-electron chi connectivity index (χ3n) is 2.43. The molecule has 4 nitrogen and oxygen atoms in total. The number of anilines is 1. The molecule has 0 bridgehead atoms. The zero-order chi connectivity index (χ0) is 10.3. The first kappa shape index (κ1) is 9.02. The zero-order valence-electron chi connectivity index (χ0n) is 8.63. The molecule has 0 radical (unpaired) electrons. The van der Waals surface area contributed by atoms with E-state index < -0.39 is 0 Å². The molecule has 0 amide bonds. The van der Waals surface area contributed by atoms with Crippen molar-refractivity contribution in [1.29, 1.82) is 0 Å². The van der Waals surface area contributed by atoms with Gasteiger partial charge in [-0.15, -0.1) is 0 Å². The highest BCUT2D eigenvalue weighted by molar-refractivity contribution is 5.82. The molecule has 0 spiro atoms. The zero-order valence-corrected chi connectivity index (χ0v) is 8.63. The van der Waals surface area contributed by atoms with Gasteiger partial charge in [-0.05, 0) is 31.0 Å². The fourth-order valence-corrected chi connectivity index (χ4v) is 1.88. The second kappa shape index (κ2) is 2.99. The minimum atomic E-state index is 0.689. The average molecular weight is 190 g/mol. The Morgan fingerprint density at radius 3 is 2.71 bits per heavy atom. The molecule has 1 aromatic carbocycles. The van der Waals surface area contributed by atoms with Gasteiger partial charge in [-0.25, -0.2) is 10.8 Å². The molecule has 2 rings (SSSR count). The van der Waals surface area contributed by atoms with Crippen LogP contribution in [0.2, 0.25) is 0 Å². The van der Waals surface area contributed by atoms with E-state index in [0.717, 1.165) is 11.0 Å². The number of aryl methyl sites for hydroxylation is 3. The molecule has 0 aliphatic rings. The topological polar surface area (TPSA) is 55.9 Å². The first-order chi connectivity index (χ1) is 6.63.